The highest BCUT2D eigenvalue weighted by Gasteiger charge is 2.68. The minimum Gasteiger partial charge on any atom is -0.454 e. The van der Waals surface area contributed by atoms with Gasteiger partial charge in [0.15, 0.2) is 25.4 Å². The molecule has 6 rings (SSSR count). The average Bonchev–Trinajstić information content (AvgIpc) is 3.79. The van der Waals surface area contributed by atoms with E-state index in [-0.39, 0.29) is 18.8 Å². The molecule has 0 radical (unpaired) electrons. The van der Waals surface area contributed by atoms with Crippen LogP contribution >= 0.6 is 0 Å². The zero-order valence-electron chi connectivity index (χ0n) is 25.4. The summed E-state index contributed by atoms with van der Waals surface area (Å²) in [6.45, 7) is 7.82. The van der Waals surface area contributed by atoms with Crippen LogP contribution in [-0.4, -0.2) is 113 Å². The first kappa shape index (κ1) is 34.0. The largest absolute Gasteiger partial charge is 0.454 e. The quantitative estimate of drug-likeness (QED) is 0.167. The molecule has 0 aliphatic carbocycles. The lowest BCUT2D eigenvalue weighted by molar-refractivity contribution is -0.170. The van der Waals surface area contributed by atoms with Gasteiger partial charge in [0.05, 0.1) is 23.5 Å². The van der Waals surface area contributed by atoms with Crippen molar-refractivity contribution in [1.29, 1.82) is 0 Å². The standard InChI is InChI=1S/C14H20O8S.C13H18O8S/c1-4-14(2,3)13(16)19-6-9(15)21-10-7-5-8-11(20-7)12(10)22-23(8,17)18;1-3-6(2)13(15)18-5-9(14)20-10-7-4-8-11(19-7)12(10)21-22(8,16)17/h7-8,10-12H,4-6H2,1-3H3;6-8,10-12H,3-5H2,1-2H3. The molecular weight excluding hydrogens is 644 g/mol. The highest BCUT2D eigenvalue weighted by Crippen LogP contribution is 2.48. The Bertz CT molecular complexity index is 1420. The van der Waals surface area contributed by atoms with Crippen LogP contribution in [0, 0.1) is 11.3 Å². The van der Waals surface area contributed by atoms with Crippen molar-refractivity contribution in [2.45, 2.75) is 120 Å². The van der Waals surface area contributed by atoms with Gasteiger partial charge in [-0.1, -0.05) is 20.8 Å². The molecule has 16 nitrogen and oxygen atoms in total. The topological polar surface area (TPSA) is 210 Å². The number of hydrogen-bond donors (Lipinski definition) is 0. The number of hydrogen-bond acceptors (Lipinski definition) is 16. The molecule has 4 bridgehead atoms. The smallest absolute Gasteiger partial charge is 0.344 e. The lowest BCUT2D eigenvalue weighted by Gasteiger charge is -2.23. The van der Waals surface area contributed by atoms with Crippen LogP contribution in [0.5, 0.6) is 0 Å². The number of rotatable bonds is 10. The predicted molar refractivity (Wildman–Crippen MR) is 147 cm³/mol. The van der Waals surface area contributed by atoms with Gasteiger partial charge in [0.1, 0.15) is 34.9 Å². The van der Waals surface area contributed by atoms with E-state index in [1.54, 1.807) is 20.8 Å². The zero-order chi connectivity index (χ0) is 33.1. The van der Waals surface area contributed by atoms with Gasteiger partial charge in [-0.3, -0.25) is 18.0 Å². The molecule has 0 amide bonds. The maximum Gasteiger partial charge on any atom is 0.344 e. The molecule has 0 aromatic heterocycles. The summed E-state index contributed by atoms with van der Waals surface area (Å²) in [4.78, 5) is 47.0. The Labute approximate surface area is 260 Å². The van der Waals surface area contributed by atoms with Crippen molar-refractivity contribution < 1.29 is 72.8 Å². The van der Waals surface area contributed by atoms with E-state index in [1.807, 2.05) is 13.8 Å². The fourth-order valence-electron chi connectivity index (χ4n) is 6.01. The molecule has 0 spiro atoms. The first-order chi connectivity index (χ1) is 21.0. The molecule has 6 heterocycles. The van der Waals surface area contributed by atoms with E-state index in [4.69, 9.17) is 36.8 Å². The second kappa shape index (κ2) is 12.3. The number of ether oxygens (including phenoxy) is 6. The first-order valence-electron chi connectivity index (χ1n) is 14.9. The maximum atomic E-state index is 11.9. The summed E-state index contributed by atoms with van der Waals surface area (Å²) in [5.74, 6) is -2.72. The van der Waals surface area contributed by atoms with Crippen molar-refractivity contribution in [3.05, 3.63) is 0 Å². The Morgan fingerprint density at radius 1 is 0.756 bits per heavy atom. The molecular formula is C27H38O16S2. The van der Waals surface area contributed by atoms with Gasteiger partial charge >= 0.3 is 23.9 Å². The molecule has 6 fully saturated rings. The Kier molecular flexibility index (Phi) is 9.31. The van der Waals surface area contributed by atoms with Crippen molar-refractivity contribution in [1.82, 2.24) is 0 Å². The minimum atomic E-state index is -3.65. The van der Waals surface area contributed by atoms with Gasteiger partial charge in [0.25, 0.3) is 20.2 Å². The molecule has 6 aliphatic rings. The highest BCUT2D eigenvalue weighted by molar-refractivity contribution is 7.88. The molecule has 254 valence electrons. The summed E-state index contributed by atoms with van der Waals surface area (Å²) in [6, 6.07) is 0. The lowest BCUT2D eigenvalue weighted by atomic mass is 9.91. The molecule has 6 aliphatic heterocycles. The second-order valence-electron chi connectivity index (χ2n) is 12.6. The van der Waals surface area contributed by atoms with Crippen LogP contribution in [0.1, 0.15) is 60.3 Å². The van der Waals surface area contributed by atoms with E-state index in [9.17, 15) is 36.0 Å². The summed E-state index contributed by atoms with van der Waals surface area (Å²) in [5.41, 5.74) is -0.675. The molecule has 0 aromatic carbocycles. The van der Waals surface area contributed by atoms with Crippen molar-refractivity contribution in [3.8, 4) is 0 Å². The third-order valence-corrected chi connectivity index (χ3v) is 12.6. The predicted octanol–water partition coefficient (Wildman–Crippen LogP) is -0.0983. The van der Waals surface area contributed by atoms with E-state index >= 15 is 0 Å². The van der Waals surface area contributed by atoms with Gasteiger partial charge in [0.2, 0.25) is 0 Å². The summed E-state index contributed by atoms with van der Waals surface area (Å²) >= 11 is 0. The molecule has 11 unspecified atom stereocenters. The molecule has 0 N–H and O–H groups in total. The third-order valence-electron chi connectivity index (χ3n) is 9.23. The van der Waals surface area contributed by atoms with Gasteiger partial charge < -0.3 is 28.4 Å². The SMILES string of the molecule is CCC(C)(C)C(=O)OCC(=O)OC1C2CC3C(O2)C1OS3(=O)=O.CCC(C)C(=O)OCC(=O)OC1C2CC3C(O2)C1OS3(=O)=O. The number of esters is 4. The number of carbonyl (C=O) groups is 4. The van der Waals surface area contributed by atoms with Gasteiger partial charge in [-0.05, 0) is 39.5 Å². The van der Waals surface area contributed by atoms with Crippen LogP contribution in [0.15, 0.2) is 0 Å². The van der Waals surface area contributed by atoms with Crippen LogP contribution in [0.3, 0.4) is 0 Å². The van der Waals surface area contributed by atoms with Crippen LogP contribution in [0.25, 0.3) is 0 Å². The van der Waals surface area contributed by atoms with E-state index in [2.05, 4.69) is 0 Å². The van der Waals surface area contributed by atoms with Gasteiger partial charge in [-0.2, -0.15) is 16.8 Å². The Balaban J connectivity index is 0.000000178. The molecule has 11 atom stereocenters. The normalized spacial score (nSPS) is 37.8. The summed E-state index contributed by atoms with van der Waals surface area (Å²) < 4.78 is 88.2. The third kappa shape index (κ3) is 6.45. The molecule has 6 saturated heterocycles. The molecule has 45 heavy (non-hydrogen) atoms. The van der Waals surface area contributed by atoms with Crippen molar-refractivity contribution in [3.63, 3.8) is 0 Å². The van der Waals surface area contributed by atoms with Crippen LogP contribution in [0.2, 0.25) is 0 Å². The fraction of sp³-hybridized carbons (Fsp3) is 0.852. The van der Waals surface area contributed by atoms with Crippen molar-refractivity contribution in [2.75, 3.05) is 13.2 Å². The second-order valence-corrected chi connectivity index (χ2v) is 16.1. The van der Waals surface area contributed by atoms with Crippen molar-refractivity contribution in [2.24, 2.45) is 11.3 Å². The summed E-state index contributed by atoms with van der Waals surface area (Å²) in [5, 5.41) is -1.34. The average molecular weight is 683 g/mol. The zero-order valence-corrected chi connectivity index (χ0v) is 27.1. The number of carbonyl (C=O) groups excluding carboxylic acids is 4. The first-order valence-corrected chi connectivity index (χ1v) is 17.8. The lowest BCUT2D eigenvalue weighted by Crippen LogP contribution is -2.42. The van der Waals surface area contributed by atoms with Crippen LogP contribution in [-0.2, 0) is 76.2 Å². The van der Waals surface area contributed by atoms with E-state index < -0.39 is 122 Å². The number of fused-ring (bicyclic) bond motifs is 2. The van der Waals surface area contributed by atoms with Gasteiger partial charge in [-0.15, -0.1) is 0 Å². The molecule has 0 aromatic rings. The van der Waals surface area contributed by atoms with E-state index in [0.29, 0.717) is 12.8 Å². The van der Waals surface area contributed by atoms with E-state index in [1.165, 1.54) is 0 Å². The van der Waals surface area contributed by atoms with E-state index in [0.717, 1.165) is 0 Å². The highest BCUT2D eigenvalue weighted by atomic mass is 32.2. The molecule has 18 heteroatoms. The summed E-state index contributed by atoms with van der Waals surface area (Å²) in [7, 11) is -7.29. The Morgan fingerprint density at radius 2 is 1.20 bits per heavy atom. The monoisotopic (exact) mass is 682 g/mol. The van der Waals surface area contributed by atoms with Gasteiger partial charge in [0, 0.05) is 0 Å². The molecule has 0 saturated carbocycles. The fourth-order valence-corrected chi connectivity index (χ4v) is 9.30. The maximum absolute atomic E-state index is 11.9. The van der Waals surface area contributed by atoms with Crippen LogP contribution < -0.4 is 0 Å². The van der Waals surface area contributed by atoms with Gasteiger partial charge in [-0.25, -0.2) is 9.59 Å². The minimum absolute atomic E-state index is 0.254. The summed E-state index contributed by atoms with van der Waals surface area (Å²) in [6.07, 6.45) is -3.55. The Hall–Kier alpha value is -2.38. The Morgan fingerprint density at radius 3 is 1.62 bits per heavy atom. The van der Waals surface area contributed by atoms with Crippen LogP contribution in [0.4, 0.5) is 0 Å². The van der Waals surface area contributed by atoms with Crippen molar-refractivity contribution >= 4 is 44.1 Å².